The van der Waals surface area contributed by atoms with Gasteiger partial charge < -0.3 is 5.32 Å². The van der Waals surface area contributed by atoms with Gasteiger partial charge in [0.05, 0.1) is 6.20 Å². The number of hydrogen-bond donors (Lipinski definition) is 2. The van der Waals surface area contributed by atoms with Crippen LogP contribution < -0.4 is 5.32 Å². The fraction of sp³-hybridized carbons (Fsp3) is 0.0909. The SMILES string of the molecule is O=C(Nc1[nH]ncc1Cl)C(F)(F)c1c(F)cccc1F. The number of hydrogen-bond acceptors (Lipinski definition) is 2. The summed E-state index contributed by atoms with van der Waals surface area (Å²) in [5.74, 6) is -9.70. The Hall–Kier alpha value is -2.09. The highest BCUT2D eigenvalue weighted by atomic mass is 35.5. The van der Waals surface area contributed by atoms with Crippen molar-refractivity contribution in [3.8, 4) is 0 Å². The van der Waals surface area contributed by atoms with E-state index in [0.717, 1.165) is 12.3 Å². The second kappa shape index (κ2) is 5.12. The van der Waals surface area contributed by atoms with E-state index in [1.807, 2.05) is 0 Å². The van der Waals surface area contributed by atoms with Crippen LogP contribution in [0.1, 0.15) is 5.56 Å². The molecule has 1 aromatic carbocycles. The van der Waals surface area contributed by atoms with Crippen LogP contribution in [0.3, 0.4) is 0 Å². The number of anilines is 1. The standard InChI is InChI=1S/C11H6ClF4N3O/c12-5-4-17-19-9(5)18-10(20)11(15,16)8-6(13)2-1-3-7(8)14/h1-4H,(H2,17,18,19,20). The van der Waals surface area contributed by atoms with Crippen LogP contribution in [0.15, 0.2) is 24.4 Å². The summed E-state index contributed by atoms with van der Waals surface area (Å²) in [5.41, 5.74) is -1.63. The smallest absolute Gasteiger partial charge is 0.304 e. The Balaban J connectivity index is 2.35. The molecule has 4 nitrogen and oxygen atoms in total. The second-order valence-corrected chi connectivity index (χ2v) is 4.13. The first-order chi connectivity index (χ1) is 9.34. The van der Waals surface area contributed by atoms with E-state index in [-0.39, 0.29) is 10.8 Å². The molecule has 106 valence electrons. The van der Waals surface area contributed by atoms with Crippen molar-refractivity contribution < 1.29 is 22.4 Å². The van der Waals surface area contributed by atoms with E-state index in [2.05, 4.69) is 10.2 Å². The predicted octanol–water partition coefficient (Wildman–Crippen LogP) is 3.07. The molecular weight excluding hydrogens is 302 g/mol. The first-order valence-corrected chi connectivity index (χ1v) is 5.54. The molecule has 1 heterocycles. The lowest BCUT2D eigenvalue weighted by atomic mass is 10.1. The van der Waals surface area contributed by atoms with Gasteiger partial charge in [-0.25, -0.2) is 8.78 Å². The molecule has 0 fully saturated rings. The molecule has 0 atom stereocenters. The van der Waals surface area contributed by atoms with Crippen molar-refractivity contribution in [2.24, 2.45) is 0 Å². The Morgan fingerprint density at radius 1 is 1.30 bits per heavy atom. The lowest BCUT2D eigenvalue weighted by Crippen LogP contribution is -2.34. The molecule has 0 aliphatic heterocycles. The van der Waals surface area contributed by atoms with Gasteiger partial charge in [0.15, 0.2) is 0 Å². The van der Waals surface area contributed by atoms with Gasteiger partial charge >= 0.3 is 11.8 Å². The van der Waals surface area contributed by atoms with E-state index in [0.29, 0.717) is 12.1 Å². The molecule has 0 radical (unpaired) electrons. The minimum atomic E-state index is -4.41. The third-order valence-electron chi connectivity index (χ3n) is 2.39. The van der Waals surface area contributed by atoms with E-state index >= 15 is 0 Å². The molecule has 0 saturated carbocycles. The number of aromatic amines is 1. The highest BCUT2D eigenvalue weighted by Gasteiger charge is 2.46. The Labute approximate surface area is 114 Å². The quantitative estimate of drug-likeness (QED) is 0.856. The highest BCUT2D eigenvalue weighted by Crippen LogP contribution is 2.33. The number of benzene rings is 1. The van der Waals surface area contributed by atoms with Crippen molar-refractivity contribution in [1.29, 1.82) is 0 Å². The number of carbonyl (C=O) groups is 1. The summed E-state index contributed by atoms with van der Waals surface area (Å²) < 4.78 is 54.3. The van der Waals surface area contributed by atoms with Gasteiger partial charge in [-0.05, 0) is 12.1 Å². The summed E-state index contributed by atoms with van der Waals surface area (Å²) >= 11 is 5.54. The third-order valence-corrected chi connectivity index (χ3v) is 2.68. The molecule has 0 aliphatic rings. The lowest BCUT2D eigenvalue weighted by molar-refractivity contribution is -0.141. The molecule has 0 unspecified atom stereocenters. The average molecular weight is 308 g/mol. The van der Waals surface area contributed by atoms with E-state index in [4.69, 9.17) is 11.6 Å². The van der Waals surface area contributed by atoms with Crippen LogP contribution in [0.25, 0.3) is 0 Å². The minimum Gasteiger partial charge on any atom is -0.304 e. The molecule has 0 aliphatic carbocycles. The number of rotatable bonds is 3. The van der Waals surface area contributed by atoms with Crippen molar-refractivity contribution >= 4 is 23.3 Å². The topological polar surface area (TPSA) is 57.8 Å². The number of H-pyrrole nitrogens is 1. The molecule has 2 rings (SSSR count). The maximum absolute atomic E-state index is 13.8. The van der Waals surface area contributed by atoms with E-state index in [1.54, 1.807) is 5.32 Å². The zero-order chi connectivity index (χ0) is 14.9. The van der Waals surface area contributed by atoms with Crippen LogP contribution in [0.5, 0.6) is 0 Å². The second-order valence-electron chi connectivity index (χ2n) is 3.72. The molecule has 2 N–H and O–H groups in total. The van der Waals surface area contributed by atoms with Gasteiger partial charge in [0, 0.05) is 0 Å². The number of nitrogens with one attached hydrogen (secondary N) is 2. The Morgan fingerprint density at radius 2 is 1.90 bits per heavy atom. The number of aromatic nitrogens is 2. The van der Waals surface area contributed by atoms with Crippen molar-refractivity contribution in [3.05, 3.63) is 46.6 Å². The zero-order valence-electron chi connectivity index (χ0n) is 9.55. The molecule has 0 bridgehead atoms. The molecule has 20 heavy (non-hydrogen) atoms. The van der Waals surface area contributed by atoms with Crippen LogP contribution in [0, 0.1) is 11.6 Å². The Bertz CT molecular complexity index is 639. The molecular formula is C11H6ClF4N3O. The largest absolute Gasteiger partial charge is 0.355 e. The van der Waals surface area contributed by atoms with E-state index in [9.17, 15) is 22.4 Å². The normalized spacial score (nSPS) is 11.4. The summed E-state index contributed by atoms with van der Waals surface area (Å²) in [7, 11) is 0. The van der Waals surface area contributed by atoms with Crippen molar-refractivity contribution in [2.45, 2.75) is 5.92 Å². The number of halogens is 5. The minimum absolute atomic E-state index is 0.122. The van der Waals surface area contributed by atoms with Crippen molar-refractivity contribution in [2.75, 3.05) is 5.32 Å². The van der Waals surface area contributed by atoms with Gasteiger partial charge in [0.25, 0.3) is 0 Å². The summed E-state index contributed by atoms with van der Waals surface area (Å²) in [6.45, 7) is 0. The van der Waals surface area contributed by atoms with Crippen LogP contribution in [0.2, 0.25) is 5.02 Å². The van der Waals surface area contributed by atoms with Crippen LogP contribution in [-0.4, -0.2) is 16.1 Å². The average Bonchev–Trinajstić information content (AvgIpc) is 2.74. The maximum Gasteiger partial charge on any atom is 0.355 e. The van der Waals surface area contributed by atoms with Gasteiger partial charge in [-0.1, -0.05) is 17.7 Å². The lowest BCUT2D eigenvalue weighted by Gasteiger charge is -2.17. The van der Waals surface area contributed by atoms with Gasteiger partial charge in [-0.3, -0.25) is 9.89 Å². The van der Waals surface area contributed by atoms with Gasteiger partial charge in [0.1, 0.15) is 28.0 Å². The van der Waals surface area contributed by atoms with Crippen molar-refractivity contribution in [3.63, 3.8) is 0 Å². The predicted molar refractivity (Wildman–Crippen MR) is 62.5 cm³/mol. The first kappa shape index (κ1) is 14.3. The molecule has 0 spiro atoms. The maximum atomic E-state index is 13.8. The molecule has 1 aromatic heterocycles. The fourth-order valence-electron chi connectivity index (χ4n) is 1.46. The van der Waals surface area contributed by atoms with Gasteiger partial charge in [0.2, 0.25) is 0 Å². The number of amides is 1. The number of carbonyl (C=O) groups excluding carboxylic acids is 1. The molecule has 9 heteroatoms. The molecule has 0 saturated heterocycles. The Morgan fingerprint density at radius 3 is 2.40 bits per heavy atom. The number of alkyl halides is 2. The first-order valence-electron chi connectivity index (χ1n) is 5.16. The number of nitrogens with zero attached hydrogens (tertiary/aromatic N) is 1. The van der Waals surface area contributed by atoms with Crippen LogP contribution in [0.4, 0.5) is 23.4 Å². The van der Waals surface area contributed by atoms with E-state index < -0.39 is 29.0 Å². The fourth-order valence-corrected chi connectivity index (χ4v) is 1.60. The summed E-state index contributed by atoms with van der Waals surface area (Å²) in [6, 6.07) is 2.17. The molecule has 2 aromatic rings. The summed E-state index contributed by atoms with van der Waals surface area (Å²) in [5, 5.41) is 7.14. The summed E-state index contributed by atoms with van der Waals surface area (Å²) in [6.07, 6.45) is 1.07. The summed E-state index contributed by atoms with van der Waals surface area (Å²) in [4.78, 5) is 11.5. The van der Waals surface area contributed by atoms with Gasteiger partial charge in [-0.15, -0.1) is 0 Å². The zero-order valence-corrected chi connectivity index (χ0v) is 10.3. The molecule has 1 amide bonds. The third kappa shape index (κ3) is 2.46. The van der Waals surface area contributed by atoms with E-state index in [1.165, 1.54) is 0 Å². The highest BCUT2D eigenvalue weighted by molar-refractivity contribution is 6.33. The van der Waals surface area contributed by atoms with Crippen LogP contribution >= 0.6 is 11.6 Å². The van der Waals surface area contributed by atoms with Crippen LogP contribution in [-0.2, 0) is 10.7 Å². The van der Waals surface area contributed by atoms with Crippen molar-refractivity contribution in [1.82, 2.24) is 10.2 Å². The van der Waals surface area contributed by atoms with Gasteiger partial charge in [-0.2, -0.15) is 13.9 Å². The monoisotopic (exact) mass is 307 g/mol. The Kier molecular flexibility index (Phi) is 3.67.